The van der Waals surface area contributed by atoms with Gasteiger partial charge in [-0.05, 0) is 113 Å². The molecule has 0 atom stereocenters. The van der Waals surface area contributed by atoms with Gasteiger partial charge >= 0.3 is 0 Å². The minimum Gasteiger partial charge on any atom is -0.308 e. The van der Waals surface area contributed by atoms with E-state index in [0.717, 1.165) is 88.4 Å². The second kappa shape index (κ2) is 17.3. The quantitative estimate of drug-likeness (QED) is 0.154. The van der Waals surface area contributed by atoms with E-state index in [2.05, 4.69) is 69.8 Å². The van der Waals surface area contributed by atoms with E-state index in [0.29, 0.717) is 50.6 Å². The summed E-state index contributed by atoms with van der Waals surface area (Å²) in [5, 5.41) is 54.5. The molecule has 3 aromatic heterocycles. The zero-order valence-electron chi connectivity index (χ0n) is 38.1. The highest BCUT2D eigenvalue weighted by Crippen LogP contribution is 2.43. The Kier molecular flexibility index (Phi) is 10.2. The van der Waals surface area contributed by atoms with E-state index in [9.17, 15) is 26.3 Å². The molecule has 0 saturated carbocycles. The van der Waals surface area contributed by atoms with Crippen LogP contribution in [-0.4, -0.2) is 19.1 Å². The van der Waals surface area contributed by atoms with Crippen LogP contribution in [0.15, 0.2) is 200 Å². The molecule has 9 heteroatoms. The second-order valence-corrected chi connectivity index (χ2v) is 17.4. The number of hydrogen-bond acceptors (Lipinski definition) is 7. The predicted molar refractivity (Wildman–Crippen MR) is 281 cm³/mol. The van der Waals surface area contributed by atoms with Crippen molar-refractivity contribution in [2.75, 3.05) is 0 Å². The van der Waals surface area contributed by atoms with Gasteiger partial charge in [0.15, 0.2) is 5.82 Å². The molecule has 72 heavy (non-hydrogen) atoms. The van der Waals surface area contributed by atoms with Crippen LogP contribution in [0.4, 0.5) is 0 Å². The highest BCUT2D eigenvalue weighted by Gasteiger charge is 2.24. The van der Waals surface area contributed by atoms with Crippen molar-refractivity contribution < 1.29 is 0 Å². The number of para-hydroxylation sites is 2. The molecule has 3 heterocycles. The summed E-state index contributed by atoms with van der Waals surface area (Å²) in [4.78, 5) is 10.8. The lowest BCUT2D eigenvalue weighted by molar-refractivity contribution is 1.11. The van der Waals surface area contributed by atoms with Crippen molar-refractivity contribution in [1.29, 1.82) is 26.3 Å². The fraction of sp³-hybridized carbons (Fsp3) is 0. The third kappa shape index (κ3) is 7.15. The first-order chi connectivity index (χ1) is 35.4. The van der Waals surface area contributed by atoms with E-state index in [1.54, 1.807) is 36.4 Å². The summed E-state index contributed by atoms with van der Waals surface area (Å²) in [5.41, 5.74) is 13.9. The number of aromatic nitrogens is 4. The molecule has 0 aliphatic rings. The van der Waals surface area contributed by atoms with Gasteiger partial charge in [0.25, 0.3) is 0 Å². The molecule has 0 aliphatic carbocycles. The SMILES string of the molecule is N#Cc1cc(C#N)cc(-c2ccc3c(c2)c2ccccc2n3-c2cc(-c3nc(-c4ccccc4)cc(-c4ccccc4)n3)c(-n3c4ccccc4c4cc(-c5cc(C#N)cc(C#N)c5)ccc43)cc2C#N)c1. The van der Waals surface area contributed by atoms with Gasteiger partial charge in [-0.1, -0.05) is 109 Å². The Balaban J connectivity index is 1.17. The van der Waals surface area contributed by atoms with Crippen molar-refractivity contribution in [2.24, 2.45) is 0 Å². The topological polar surface area (TPSA) is 155 Å². The minimum atomic E-state index is 0.398. The van der Waals surface area contributed by atoms with E-state index in [1.165, 1.54) is 0 Å². The summed E-state index contributed by atoms with van der Waals surface area (Å²) in [7, 11) is 0. The van der Waals surface area contributed by atoms with Gasteiger partial charge in [0.1, 0.15) is 6.07 Å². The molecule has 0 amide bonds. The van der Waals surface area contributed by atoms with Gasteiger partial charge in [-0.15, -0.1) is 0 Å². The second-order valence-electron chi connectivity index (χ2n) is 17.4. The molecular weight excluding hydrogens is 883 g/mol. The monoisotopic (exact) mass is 915 g/mol. The van der Waals surface area contributed by atoms with Crippen molar-refractivity contribution >= 4 is 43.6 Å². The van der Waals surface area contributed by atoms with E-state index in [-0.39, 0.29) is 0 Å². The predicted octanol–water partition coefficient (Wildman–Crippen LogP) is 14.4. The standard InChI is InChI=1S/C63H33N9/c64-34-39-23-40(35-65)26-47(25-39)45-19-21-59-52(29-45)50-15-7-9-17-57(50)71(59)61-32-54(63-69-55(43-11-3-1-4-12-43)33-56(70-63)44-13-5-2-6-14-44)62(31-49(61)38-68)72-58-18-10-8-16-51(58)53-30-46(20-22-60(53)72)48-27-41(36-66)24-42(28-48)37-67/h1-33H. The van der Waals surface area contributed by atoms with Gasteiger partial charge in [-0.25, -0.2) is 9.97 Å². The molecule has 0 unspecified atom stereocenters. The number of benzene rings is 9. The van der Waals surface area contributed by atoms with Crippen LogP contribution in [-0.2, 0) is 0 Å². The van der Waals surface area contributed by atoms with Crippen LogP contribution in [0, 0.1) is 56.7 Å². The third-order valence-corrected chi connectivity index (χ3v) is 13.2. The molecule has 12 aromatic rings. The third-order valence-electron chi connectivity index (χ3n) is 13.2. The van der Waals surface area contributed by atoms with Crippen LogP contribution in [0.3, 0.4) is 0 Å². The smallest absolute Gasteiger partial charge is 0.162 e. The Bertz CT molecular complexity index is 4330. The maximum Gasteiger partial charge on any atom is 0.162 e. The van der Waals surface area contributed by atoms with Crippen LogP contribution < -0.4 is 0 Å². The molecule has 0 N–H and O–H groups in total. The maximum absolute atomic E-state index is 11.4. The number of nitrogens with zero attached hydrogens (tertiary/aromatic N) is 9. The normalized spacial score (nSPS) is 11.0. The first-order valence-corrected chi connectivity index (χ1v) is 23.0. The minimum absolute atomic E-state index is 0.398. The number of hydrogen-bond donors (Lipinski definition) is 0. The molecule has 0 saturated heterocycles. The summed E-state index contributed by atoms with van der Waals surface area (Å²) >= 11 is 0. The lowest BCUT2D eigenvalue weighted by Gasteiger charge is -2.19. The Morgan fingerprint density at radius 2 is 0.722 bits per heavy atom. The molecule has 9 aromatic carbocycles. The number of nitriles is 5. The van der Waals surface area contributed by atoms with Gasteiger partial charge < -0.3 is 9.13 Å². The Labute approximate surface area is 413 Å². The molecular formula is C63H33N9. The largest absolute Gasteiger partial charge is 0.308 e. The van der Waals surface area contributed by atoms with Crippen molar-refractivity contribution in [1.82, 2.24) is 19.1 Å². The van der Waals surface area contributed by atoms with Gasteiger partial charge in [-0.3, -0.25) is 0 Å². The highest BCUT2D eigenvalue weighted by atomic mass is 15.0. The van der Waals surface area contributed by atoms with Crippen LogP contribution in [0.25, 0.3) is 111 Å². The maximum atomic E-state index is 11.4. The van der Waals surface area contributed by atoms with Crippen molar-refractivity contribution in [3.8, 4) is 97.9 Å². The molecule has 330 valence electrons. The van der Waals surface area contributed by atoms with Crippen LogP contribution in [0.2, 0.25) is 0 Å². The summed E-state index contributed by atoms with van der Waals surface area (Å²) < 4.78 is 4.29. The Morgan fingerprint density at radius 1 is 0.306 bits per heavy atom. The molecule has 0 radical (unpaired) electrons. The summed E-state index contributed by atoms with van der Waals surface area (Å²) in [6.07, 6.45) is 0. The summed E-state index contributed by atoms with van der Waals surface area (Å²) in [6, 6.07) is 76.2. The van der Waals surface area contributed by atoms with E-state index >= 15 is 0 Å². The van der Waals surface area contributed by atoms with Gasteiger partial charge in [0.05, 0.1) is 96.9 Å². The molecule has 12 rings (SSSR count). The number of fused-ring (bicyclic) bond motifs is 6. The Morgan fingerprint density at radius 3 is 1.17 bits per heavy atom. The van der Waals surface area contributed by atoms with Gasteiger partial charge in [0.2, 0.25) is 0 Å². The first kappa shape index (κ1) is 42.5. The zero-order valence-corrected chi connectivity index (χ0v) is 38.1. The van der Waals surface area contributed by atoms with Crippen LogP contribution >= 0.6 is 0 Å². The van der Waals surface area contributed by atoms with Crippen molar-refractivity contribution in [3.05, 3.63) is 228 Å². The lowest BCUT2D eigenvalue weighted by atomic mass is 9.98. The van der Waals surface area contributed by atoms with Gasteiger partial charge in [0, 0.05) is 38.2 Å². The lowest BCUT2D eigenvalue weighted by Crippen LogP contribution is -2.06. The van der Waals surface area contributed by atoms with E-state index in [4.69, 9.17) is 9.97 Å². The molecule has 0 spiro atoms. The van der Waals surface area contributed by atoms with Crippen LogP contribution in [0.1, 0.15) is 27.8 Å². The Hall–Kier alpha value is -10.9. The first-order valence-electron chi connectivity index (χ1n) is 23.0. The van der Waals surface area contributed by atoms with Crippen LogP contribution in [0.5, 0.6) is 0 Å². The summed E-state index contributed by atoms with van der Waals surface area (Å²) in [6.45, 7) is 0. The average molecular weight is 916 g/mol. The van der Waals surface area contributed by atoms with Gasteiger partial charge in [-0.2, -0.15) is 26.3 Å². The zero-order chi connectivity index (χ0) is 48.9. The summed E-state index contributed by atoms with van der Waals surface area (Å²) in [5.74, 6) is 0.449. The van der Waals surface area contributed by atoms with Crippen molar-refractivity contribution in [2.45, 2.75) is 0 Å². The number of rotatable bonds is 7. The molecule has 0 aliphatic heterocycles. The van der Waals surface area contributed by atoms with E-state index in [1.807, 2.05) is 133 Å². The van der Waals surface area contributed by atoms with Crippen molar-refractivity contribution in [3.63, 3.8) is 0 Å². The molecule has 9 nitrogen and oxygen atoms in total. The average Bonchev–Trinajstić information content (AvgIpc) is 3.96. The fourth-order valence-corrected chi connectivity index (χ4v) is 9.97. The molecule has 0 bridgehead atoms. The highest BCUT2D eigenvalue weighted by molar-refractivity contribution is 6.12. The molecule has 0 fully saturated rings. The van der Waals surface area contributed by atoms with E-state index < -0.39 is 0 Å². The fourth-order valence-electron chi connectivity index (χ4n) is 9.97.